The van der Waals surface area contributed by atoms with Crippen LogP contribution in [0.4, 0.5) is 0 Å². The molecule has 0 atom stereocenters. The van der Waals surface area contributed by atoms with Crippen LogP contribution >= 0.6 is 11.6 Å². The van der Waals surface area contributed by atoms with E-state index in [9.17, 15) is 14.7 Å². The van der Waals surface area contributed by atoms with Crippen molar-refractivity contribution < 1.29 is 19.4 Å². The van der Waals surface area contributed by atoms with E-state index < -0.39 is 0 Å². The van der Waals surface area contributed by atoms with Gasteiger partial charge < -0.3 is 15.2 Å². The number of aromatic hydroxyl groups is 1. The zero-order chi connectivity index (χ0) is 21.0. The van der Waals surface area contributed by atoms with E-state index in [1.54, 1.807) is 43.5 Å². The highest BCUT2D eigenvalue weighted by molar-refractivity contribution is 6.31. The van der Waals surface area contributed by atoms with Gasteiger partial charge in [-0.25, -0.2) is 0 Å². The van der Waals surface area contributed by atoms with Crippen molar-refractivity contribution in [1.29, 1.82) is 0 Å². The summed E-state index contributed by atoms with van der Waals surface area (Å²) in [4.78, 5) is 28.1. The topological polar surface area (TPSA) is 88.5 Å². The maximum Gasteiger partial charge on any atom is 0.255 e. The van der Waals surface area contributed by atoms with Crippen molar-refractivity contribution in [1.82, 2.24) is 10.3 Å². The lowest BCUT2D eigenvalue weighted by Crippen LogP contribution is -2.22. The molecule has 0 spiro atoms. The molecule has 3 aromatic rings. The number of benzene rings is 2. The monoisotopic (exact) mass is 412 g/mol. The Bertz CT molecular complexity index is 1080. The average Bonchev–Trinajstić information content (AvgIpc) is 2.69. The van der Waals surface area contributed by atoms with E-state index in [-0.39, 0.29) is 29.4 Å². The van der Waals surface area contributed by atoms with Crippen molar-refractivity contribution in [2.45, 2.75) is 26.7 Å². The number of phenols is 1. The van der Waals surface area contributed by atoms with Gasteiger partial charge in [0.15, 0.2) is 0 Å². The van der Waals surface area contributed by atoms with Gasteiger partial charge in [-0.1, -0.05) is 24.6 Å². The summed E-state index contributed by atoms with van der Waals surface area (Å²) in [6.45, 7) is 4.06. The van der Waals surface area contributed by atoms with Crippen LogP contribution < -0.4 is 10.1 Å². The molecule has 0 aliphatic carbocycles. The van der Waals surface area contributed by atoms with Crippen LogP contribution in [0.3, 0.4) is 0 Å². The Labute approximate surface area is 173 Å². The third kappa shape index (κ3) is 4.66. The third-order valence-corrected chi connectivity index (χ3v) is 4.79. The first-order valence-electron chi connectivity index (χ1n) is 9.30. The number of halogens is 1. The molecule has 6 nitrogen and oxygen atoms in total. The van der Waals surface area contributed by atoms with E-state index in [0.29, 0.717) is 40.4 Å². The minimum Gasteiger partial charge on any atom is -0.507 e. The van der Waals surface area contributed by atoms with Gasteiger partial charge in [0.1, 0.15) is 23.0 Å². The van der Waals surface area contributed by atoms with E-state index in [0.717, 1.165) is 5.56 Å². The summed E-state index contributed by atoms with van der Waals surface area (Å²) in [5, 5.41) is 13.8. The number of Topliss-reactive ketones (excluding diaryl/α,β-unsaturated/α-hetero) is 1. The maximum atomic E-state index is 12.2. The van der Waals surface area contributed by atoms with Gasteiger partial charge in [-0.2, -0.15) is 0 Å². The predicted molar refractivity (Wildman–Crippen MR) is 112 cm³/mol. The van der Waals surface area contributed by atoms with Crippen LogP contribution in [0.2, 0.25) is 5.02 Å². The second-order valence-corrected chi connectivity index (χ2v) is 6.89. The first kappa shape index (κ1) is 20.6. The van der Waals surface area contributed by atoms with Crippen LogP contribution in [0.5, 0.6) is 17.2 Å². The average molecular weight is 413 g/mol. The SMILES string of the molecule is CCNC(=O)c1cc2c(Oc3ccc(CC(=O)CC)c(Cl)c3)ccnc2cc1O. The number of hydrogen-bond acceptors (Lipinski definition) is 5. The fraction of sp³-hybridized carbons (Fsp3) is 0.227. The molecule has 0 radical (unpaired) electrons. The Balaban J connectivity index is 1.95. The second-order valence-electron chi connectivity index (χ2n) is 6.48. The molecule has 7 heteroatoms. The number of hydrogen-bond donors (Lipinski definition) is 2. The highest BCUT2D eigenvalue weighted by atomic mass is 35.5. The zero-order valence-electron chi connectivity index (χ0n) is 16.2. The Morgan fingerprint density at radius 2 is 1.97 bits per heavy atom. The molecule has 0 aliphatic heterocycles. The minimum absolute atomic E-state index is 0.110. The minimum atomic E-state index is -0.380. The van der Waals surface area contributed by atoms with Crippen molar-refractivity contribution in [3.8, 4) is 17.2 Å². The molecule has 0 saturated heterocycles. The molecule has 3 rings (SSSR count). The number of carbonyl (C=O) groups excluding carboxylic acids is 2. The Hall–Kier alpha value is -3.12. The Morgan fingerprint density at radius 3 is 2.66 bits per heavy atom. The molecular weight excluding hydrogens is 392 g/mol. The van der Waals surface area contributed by atoms with E-state index >= 15 is 0 Å². The summed E-state index contributed by atoms with van der Waals surface area (Å²) in [7, 11) is 0. The Morgan fingerprint density at radius 1 is 1.17 bits per heavy atom. The number of rotatable bonds is 7. The van der Waals surface area contributed by atoms with Crippen molar-refractivity contribution in [2.75, 3.05) is 6.54 Å². The van der Waals surface area contributed by atoms with Crippen LogP contribution in [-0.4, -0.2) is 28.3 Å². The highest BCUT2D eigenvalue weighted by Gasteiger charge is 2.15. The van der Waals surface area contributed by atoms with Crippen LogP contribution in [0.1, 0.15) is 36.2 Å². The first-order chi connectivity index (χ1) is 13.9. The van der Waals surface area contributed by atoms with Gasteiger partial charge in [0.2, 0.25) is 0 Å². The van der Waals surface area contributed by atoms with Gasteiger partial charge >= 0.3 is 0 Å². The molecule has 0 saturated carbocycles. The molecule has 0 fully saturated rings. The molecule has 0 unspecified atom stereocenters. The normalized spacial score (nSPS) is 10.7. The van der Waals surface area contributed by atoms with Crippen LogP contribution in [0.25, 0.3) is 10.9 Å². The van der Waals surface area contributed by atoms with Gasteiger partial charge in [0.05, 0.1) is 11.1 Å². The summed E-state index contributed by atoms with van der Waals surface area (Å²) in [6.07, 6.45) is 2.29. The zero-order valence-corrected chi connectivity index (χ0v) is 16.9. The predicted octanol–water partition coefficient (Wildman–Crippen LogP) is 4.66. The standard InChI is InChI=1S/C22H21ClN2O4/c1-3-14(26)9-13-5-6-15(10-18(13)23)29-21-7-8-25-19-12-20(27)17(11-16(19)21)22(28)24-4-2/h5-8,10-12,27H,3-4,9H2,1-2H3,(H,24,28). The number of ether oxygens (including phenoxy) is 1. The maximum absolute atomic E-state index is 12.2. The van der Waals surface area contributed by atoms with E-state index in [4.69, 9.17) is 16.3 Å². The molecule has 2 aromatic carbocycles. The summed E-state index contributed by atoms with van der Waals surface area (Å²) in [5.41, 5.74) is 1.38. The number of phenolic OH excluding ortho intramolecular Hbond substituents is 1. The fourth-order valence-corrected chi connectivity index (χ4v) is 3.12. The van der Waals surface area contributed by atoms with Gasteiger partial charge in [0.25, 0.3) is 5.91 Å². The largest absolute Gasteiger partial charge is 0.507 e. The molecule has 0 aliphatic rings. The van der Waals surface area contributed by atoms with Crippen molar-refractivity contribution in [3.05, 3.63) is 58.7 Å². The van der Waals surface area contributed by atoms with Crippen molar-refractivity contribution >= 4 is 34.2 Å². The first-order valence-corrected chi connectivity index (χ1v) is 9.68. The summed E-state index contributed by atoms with van der Waals surface area (Å²) in [5.74, 6) is 0.533. The van der Waals surface area contributed by atoms with Gasteiger partial charge in [-0.05, 0) is 36.8 Å². The van der Waals surface area contributed by atoms with E-state index in [1.165, 1.54) is 6.07 Å². The number of nitrogens with zero attached hydrogens (tertiary/aromatic N) is 1. The highest BCUT2D eigenvalue weighted by Crippen LogP contribution is 2.34. The van der Waals surface area contributed by atoms with Gasteiger partial charge in [0, 0.05) is 42.1 Å². The fourth-order valence-electron chi connectivity index (χ4n) is 2.88. The molecular formula is C22H21ClN2O4. The summed E-state index contributed by atoms with van der Waals surface area (Å²) >= 11 is 6.31. The van der Waals surface area contributed by atoms with Crippen LogP contribution in [0, 0.1) is 0 Å². The number of carbonyl (C=O) groups is 2. The number of amides is 1. The second kappa shape index (κ2) is 8.92. The van der Waals surface area contributed by atoms with Crippen LogP contribution in [-0.2, 0) is 11.2 Å². The third-order valence-electron chi connectivity index (χ3n) is 4.44. The van der Waals surface area contributed by atoms with Gasteiger partial charge in [-0.15, -0.1) is 0 Å². The van der Waals surface area contributed by atoms with Crippen LogP contribution in [0.15, 0.2) is 42.6 Å². The number of fused-ring (bicyclic) bond motifs is 1. The lowest BCUT2D eigenvalue weighted by molar-refractivity contribution is -0.118. The summed E-state index contributed by atoms with van der Waals surface area (Å²) < 4.78 is 5.97. The lowest BCUT2D eigenvalue weighted by Gasteiger charge is -2.12. The number of ketones is 1. The molecule has 29 heavy (non-hydrogen) atoms. The number of pyridine rings is 1. The molecule has 1 amide bonds. The molecule has 1 aromatic heterocycles. The van der Waals surface area contributed by atoms with E-state index in [2.05, 4.69) is 10.3 Å². The number of nitrogens with one attached hydrogen (secondary N) is 1. The quantitative estimate of drug-likeness (QED) is 0.589. The lowest BCUT2D eigenvalue weighted by atomic mass is 10.1. The van der Waals surface area contributed by atoms with Crippen molar-refractivity contribution in [3.63, 3.8) is 0 Å². The Kier molecular flexibility index (Phi) is 6.34. The molecule has 2 N–H and O–H groups in total. The molecule has 1 heterocycles. The van der Waals surface area contributed by atoms with Crippen molar-refractivity contribution in [2.24, 2.45) is 0 Å². The number of aromatic nitrogens is 1. The molecule has 150 valence electrons. The smallest absolute Gasteiger partial charge is 0.255 e. The van der Waals surface area contributed by atoms with E-state index in [1.807, 2.05) is 6.92 Å². The summed E-state index contributed by atoms with van der Waals surface area (Å²) in [6, 6.07) is 9.80. The van der Waals surface area contributed by atoms with Gasteiger partial charge in [-0.3, -0.25) is 14.6 Å². The molecule has 0 bridgehead atoms.